The smallest absolute Gasteiger partial charge is 0.261 e. The first kappa shape index (κ1) is 20.2. The molecule has 154 valence electrons. The fourth-order valence-electron chi connectivity index (χ4n) is 2.91. The van der Waals surface area contributed by atoms with Gasteiger partial charge in [-0.1, -0.05) is 18.2 Å². The zero-order chi connectivity index (χ0) is 21.6. The summed E-state index contributed by atoms with van der Waals surface area (Å²) in [6.45, 7) is 0.252. The van der Waals surface area contributed by atoms with Crippen LogP contribution in [0.5, 0.6) is 0 Å². The van der Waals surface area contributed by atoms with Gasteiger partial charge in [-0.15, -0.1) is 11.3 Å². The summed E-state index contributed by atoms with van der Waals surface area (Å²) in [5.74, 6) is -0.702. The molecule has 0 atom stereocenters. The first-order valence-electron chi connectivity index (χ1n) is 9.46. The molecule has 0 aliphatic heterocycles. The molecule has 0 aliphatic carbocycles. The Balaban J connectivity index is 1.35. The number of nitrogens with one attached hydrogen (secondary N) is 3. The number of hydrogen-bond donors (Lipinski definition) is 3. The Labute approximate surface area is 181 Å². The van der Waals surface area contributed by atoms with E-state index < -0.39 is 11.5 Å². The molecule has 0 radical (unpaired) electrons. The Morgan fingerprint density at radius 2 is 1.81 bits per heavy atom. The molecule has 4 rings (SSSR count). The third-order valence-electron chi connectivity index (χ3n) is 4.53. The highest BCUT2D eigenvalue weighted by atomic mass is 32.1. The Kier molecular flexibility index (Phi) is 6.00. The molecule has 31 heavy (non-hydrogen) atoms. The molecule has 0 bridgehead atoms. The van der Waals surface area contributed by atoms with E-state index in [-0.39, 0.29) is 18.0 Å². The number of carbonyl (C=O) groups is 2. The van der Waals surface area contributed by atoms with Crippen LogP contribution in [0.25, 0.3) is 10.6 Å². The van der Waals surface area contributed by atoms with Gasteiger partial charge in [0.15, 0.2) is 0 Å². The van der Waals surface area contributed by atoms with Crippen LogP contribution in [0.3, 0.4) is 0 Å². The number of thiophene rings is 1. The number of H-pyrrole nitrogens is 1. The van der Waals surface area contributed by atoms with Crippen molar-refractivity contribution in [2.45, 2.75) is 6.54 Å². The number of amides is 2. The lowest BCUT2D eigenvalue weighted by atomic mass is 10.1. The van der Waals surface area contributed by atoms with Gasteiger partial charge >= 0.3 is 0 Å². The third kappa shape index (κ3) is 4.93. The highest BCUT2D eigenvalue weighted by Crippen LogP contribution is 2.21. The summed E-state index contributed by atoms with van der Waals surface area (Å²) in [6.07, 6.45) is 3.10. The molecule has 8 heteroatoms. The molecule has 3 heterocycles. The van der Waals surface area contributed by atoms with Crippen molar-refractivity contribution >= 4 is 28.8 Å². The number of carbonyl (C=O) groups excluding carboxylic acids is 2. The van der Waals surface area contributed by atoms with Crippen molar-refractivity contribution in [2.24, 2.45) is 0 Å². The normalized spacial score (nSPS) is 10.5. The van der Waals surface area contributed by atoms with Crippen molar-refractivity contribution in [3.63, 3.8) is 0 Å². The molecule has 0 saturated heterocycles. The van der Waals surface area contributed by atoms with Gasteiger partial charge in [0.2, 0.25) is 0 Å². The van der Waals surface area contributed by atoms with Crippen LogP contribution in [0.1, 0.15) is 26.3 Å². The average molecular weight is 430 g/mol. The van der Waals surface area contributed by atoms with Crippen LogP contribution < -0.4 is 16.2 Å². The maximum absolute atomic E-state index is 12.4. The number of aromatic amines is 1. The first-order valence-corrected chi connectivity index (χ1v) is 10.3. The molecule has 2 amide bonds. The van der Waals surface area contributed by atoms with Gasteiger partial charge in [0.05, 0.1) is 16.1 Å². The topological polar surface area (TPSA) is 104 Å². The Bertz CT molecular complexity index is 1250. The van der Waals surface area contributed by atoms with Crippen LogP contribution >= 0.6 is 11.3 Å². The minimum absolute atomic E-state index is 0.0562. The molecule has 4 aromatic rings. The van der Waals surface area contributed by atoms with Gasteiger partial charge in [-0.2, -0.15) is 0 Å². The number of hydrogen-bond acceptors (Lipinski definition) is 5. The van der Waals surface area contributed by atoms with Crippen molar-refractivity contribution in [1.82, 2.24) is 15.3 Å². The second-order valence-corrected chi connectivity index (χ2v) is 7.62. The maximum Gasteiger partial charge on any atom is 0.261 e. The number of pyridine rings is 2. The summed E-state index contributed by atoms with van der Waals surface area (Å²) in [5, 5.41) is 7.45. The number of rotatable bonds is 6. The molecule has 0 spiro atoms. The van der Waals surface area contributed by atoms with E-state index in [1.54, 1.807) is 48.7 Å². The van der Waals surface area contributed by atoms with Crippen LogP contribution in [0.15, 0.2) is 83.2 Å². The van der Waals surface area contributed by atoms with E-state index in [4.69, 9.17) is 0 Å². The fraction of sp³-hybridized carbons (Fsp3) is 0.0435. The SMILES string of the molecule is O=C(Nc1ccc(CNC(=O)c2ccc(-c3cccs3)[nH]c2=O)cc1)c1cccnc1. The van der Waals surface area contributed by atoms with Gasteiger partial charge in [-0.05, 0) is 53.4 Å². The monoisotopic (exact) mass is 430 g/mol. The second-order valence-electron chi connectivity index (χ2n) is 6.67. The summed E-state index contributed by atoms with van der Waals surface area (Å²) in [7, 11) is 0. The average Bonchev–Trinajstić information content (AvgIpc) is 3.34. The van der Waals surface area contributed by atoms with E-state index in [1.165, 1.54) is 23.6 Å². The van der Waals surface area contributed by atoms with Crippen LogP contribution in [0.4, 0.5) is 5.69 Å². The van der Waals surface area contributed by atoms with Gasteiger partial charge < -0.3 is 15.6 Å². The van der Waals surface area contributed by atoms with E-state index in [0.717, 1.165) is 10.4 Å². The van der Waals surface area contributed by atoms with Crippen LogP contribution in [0, 0.1) is 0 Å². The van der Waals surface area contributed by atoms with Gasteiger partial charge in [-0.3, -0.25) is 19.4 Å². The van der Waals surface area contributed by atoms with Crippen LogP contribution in [-0.2, 0) is 6.54 Å². The number of aromatic nitrogens is 2. The zero-order valence-electron chi connectivity index (χ0n) is 16.3. The van der Waals surface area contributed by atoms with Crippen molar-refractivity contribution in [1.29, 1.82) is 0 Å². The van der Waals surface area contributed by atoms with Crippen molar-refractivity contribution in [3.05, 3.63) is 105 Å². The molecule has 0 aliphatic rings. The number of nitrogens with zero attached hydrogens (tertiary/aromatic N) is 1. The van der Waals surface area contributed by atoms with Crippen molar-refractivity contribution in [3.8, 4) is 10.6 Å². The molecular weight excluding hydrogens is 412 g/mol. The summed E-state index contributed by atoms with van der Waals surface area (Å²) < 4.78 is 0. The number of benzene rings is 1. The van der Waals surface area contributed by atoms with E-state index in [9.17, 15) is 14.4 Å². The van der Waals surface area contributed by atoms with Gasteiger partial charge in [0.25, 0.3) is 17.4 Å². The van der Waals surface area contributed by atoms with Gasteiger partial charge in [-0.25, -0.2) is 0 Å². The van der Waals surface area contributed by atoms with Crippen molar-refractivity contribution < 1.29 is 9.59 Å². The highest BCUT2D eigenvalue weighted by Gasteiger charge is 2.12. The lowest BCUT2D eigenvalue weighted by Gasteiger charge is -2.08. The van der Waals surface area contributed by atoms with Gasteiger partial charge in [0, 0.05) is 24.6 Å². The lowest BCUT2D eigenvalue weighted by molar-refractivity contribution is 0.0948. The minimum Gasteiger partial charge on any atom is -0.348 e. The summed E-state index contributed by atoms with van der Waals surface area (Å²) in [5.41, 5.74) is 2.23. The summed E-state index contributed by atoms with van der Waals surface area (Å²) in [6, 6.07) is 17.5. The van der Waals surface area contributed by atoms with E-state index in [2.05, 4.69) is 20.6 Å². The summed E-state index contributed by atoms with van der Waals surface area (Å²) in [4.78, 5) is 44.5. The molecule has 0 saturated carbocycles. The van der Waals surface area contributed by atoms with Crippen LogP contribution in [-0.4, -0.2) is 21.8 Å². The van der Waals surface area contributed by atoms with E-state index in [0.29, 0.717) is 16.9 Å². The Hall–Kier alpha value is -4.04. The molecule has 3 aromatic heterocycles. The van der Waals surface area contributed by atoms with Crippen molar-refractivity contribution in [2.75, 3.05) is 5.32 Å². The Morgan fingerprint density at radius 3 is 2.48 bits per heavy atom. The third-order valence-corrected chi connectivity index (χ3v) is 5.43. The lowest BCUT2D eigenvalue weighted by Crippen LogP contribution is -2.29. The van der Waals surface area contributed by atoms with E-state index in [1.807, 2.05) is 17.5 Å². The van der Waals surface area contributed by atoms with E-state index >= 15 is 0 Å². The molecular formula is C23H18N4O3S. The quantitative estimate of drug-likeness (QED) is 0.434. The number of anilines is 1. The largest absolute Gasteiger partial charge is 0.348 e. The molecule has 7 nitrogen and oxygen atoms in total. The maximum atomic E-state index is 12.4. The molecule has 3 N–H and O–H groups in total. The highest BCUT2D eigenvalue weighted by molar-refractivity contribution is 7.13. The minimum atomic E-state index is -0.451. The Morgan fingerprint density at radius 1 is 0.968 bits per heavy atom. The summed E-state index contributed by atoms with van der Waals surface area (Å²) >= 11 is 1.51. The predicted molar refractivity (Wildman–Crippen MR) is 120 cm³/mol. The molecule has 0 unspecified atom stereocenters. The molecule has 1 aromatic carbocycles. The first-order chi connectivity index (χ1) is 15.1. The standard InChI is InChI=1S/C23H18N4O3S/c28-21(16-3-1-11-24-14-16)26-17-7-5-15(6-8-17)13-25-22(29)18-9-10-19(27-23(18)30)20-4-2-12-31-20/h1-12,14H,13H2,(H,25,29)(H,26,28)(H,27,30). The second kappa shape index (κ2) is 9.19. The molecule has 0 fully saturated rings. The zero-order valence-corrected chi connectivity index (χ0v) is 17.1. The predicted octanol–water partition coefficient (Wildman–Crippen LogP) is 3.68. The van der Waals surface area contributed by atoms with Crippen LogP contribution in [0.2, 0.25) is 0 Å². The van der Waals surface area contributed by atoms with Gasteiger partial charge in [0.1, 0.15) is 5.56 Å². The fourth-order valence-corrected chi connectivity index (χ4v) is 3.62.